The molecule has 4 bridgehead atoms. The van der Waals surface area contributed by atoms with Crippen molar-refractivity contribution in [2.24, 2.45) is 34.5 Å². The van der Waals surface area contributed by atoms with Gasteiger partial charge in [0.25, 0.3) is 0 Å². The molecule has 4 atom stereocenters. The predicted octanol–water partition coefficient (Wildman–Crippen LogP) is 5.40. The van der Waals surface area contributed by atoms with Gasteiger partial charge < -0.3 is 28.8 Å². The number of rotatable bonds is 11. The number of methoxy groups -OCH3 is 1. The zero-order chi connectivity index (χ0) is 31.9. The Bertz CT molecular complexity index is 1420. The Hall–Kier alpha value is -3.43. The summed E-state index contributed by atoms with van der Waals surface area (Å²) < 4.78 is 23.5. The van der Waals surface area contributed by atoms with Crippen molar-refractivity contribution in [3.8, 4) is 0 Å². The molecule has 3 heterocycles. The van der Waals surface area contributed by atoms with Crippen molar-refractivity contribution >= 4 is 17.8 Å². The Morgan fingerprint density at radius 3 is 2.37 bits per heavy atom. The van der Waals surface area contributed by atoms with E-state index >= 15 is 0 Å². The van der Waals surface area contributed by atoms with E-state index in [-0.39, 0.29) is 43.2 Å². The van der Waals surface area contributed by atoms with Crippen molar-refractivity contribution in [2.75, 3.05) is 20.3 Å². The summed E-state index contributed by atoms with van der Waals surface area (Å²) in [4.78, 5) is 43.2. The fourth-order valence-electron chi connectivity index (χ4n) is 9.83. The molecule has 246 valence electrons. The van der Waals surface area contributed by atoms with Crippen molar-refractivity contribution in [2.45, 2.75) is 83.6 Å². The second-order valence-electron chi connectivity index (χ2n) is 14.6. The van der Waals surface area contributed by atoms with E-state index in [2.05, 4.69) is 5.32 Å². The number of nitrogens with one attached hydrogen (secondary N) is 1. The highest BCUT2D eigenvalue weighted by Gasteiger charge is 2.60. The maximum absolute atomic E-state index is 14.3. The molecule has 1 N–H and O–H groups in total. The summed E-state index contributed by atoms with van der Waals surface area (Å²) in [5.74, 6) is 1.42. The van der Waals surface area contributed by atoms with Gasteiger partial charge in [-0.3, -0.25) is 14.4 Å². The molecular weight excluding hydrogens is 584 g/mol. The Morgan fingerprint density at radius 2 is 1.72 bits per heavy atom. The van der Waals surface area contributed by atoms with Crippen molar-refractivity contribution in [3.63, 3.8) is 0 Å². The molecule has 2 aliphatic heterocycles. The van der Waals surface area contributed by atoms with E-state index in [1.54, 1.807) is 23.3 Å². The summed E-state index contributed by atoms with van der Waals surface area (Å²) in [6, 6.07) is 13.5. The lowest BCUT2D eigenvalue weighted by Crippen LogP contribution is -2.60. The van der Waals surface area contributed by atoms with E-state index in [0.29, 0.717) is 24.6 Å². The highest BCUT2D eigenvalue weighted by atomic mass is 16.6. The molecular formula is C37H46N2O7. The number of amides is 2. The molecule has 46 heavy (non-hydrogen) atoms. The van der Waals surface area contributed by atoms with Crippen molar-refractivity contribution in [3.05, 3.63) is 71.8 Å². The number of nitrogens with zero attached hydrogens (tertiary/aromatic N) is 1. The average molecular weight is 631 g/mol. The van der Waals surface area contributed by atoms with Gasteiger partial charge in [-0.05, 0) is 98.8 Å². The topological polar surface area (TPSA) is 107 Å². The molecule has 5 fully saturated rings. The number of likely N-dealkylation sites (tertiary alicyclic amines) is 1. The largest absolute Gasteiger partial charge is 0.468 e. The van der Waals surface area contributed by atoms with Gasteiger partial charge in [0.05, 0.1) is 39.2 Å². The van der Waals surface area contributed by atoms with Crippen LogP contribution in [0.5, 0.6) is 0 Å². The number of furan rings is 1. The maximum atomic E-state index is 14.3. The molecule has 4 aliphatic carbocycles. The fraction of sp³-hybridized carbons (Fsp3) is 0.595. The van der Waals surface area contributed by atoms with E-state index in [1.807, 2.05) is 43.3 Å². The minimum Gasteiger partial charge on any atom is -0.468 e. The molecule has 0 radical (unpaired) electrons. The minimum atomic E-state index is -1.27. The third-order valence-electron chi connectivity index (χ3n) is 11.4. The minimum absolute atomic E-state index is 0.00220. The number of hydrogen-bond donors (Lipinski definition) is 1. The molecule has 1 aromatic heterocycles. The lowest BCUT2D eigenvalue weighted by Gasteiger charge is -2.57. The first-order valence-electron chi connectivity index (χ1n) is 17.0. The van der Waals surface area contributed by atoms with E-state index in [1.165, 1.54) is 45.6 Å². The molecule has 1 aromatic carbocycles. The summed E-state index contributed by atoms with van der Waals surface area (Å²) in [6.07, 6.45) is 10.0. The van der Waals surface area contributed by atoms with Crippen LogP contribution in [-0.2, 0) is 41.7 Å². The molecule has 2 amide bonds. The first kappa shape index (κ1) is 31.2. The highest BCUT2D eigenvalue weighted by molar-refractivity contribution is 5.92. The van der Waals surface area contributed by atoms with Crippen LogP contribution in [-0.4, -0.2) is 55.2 Å². The Kier molecular flexibility index (Phi) is 8.57. The van der Waals surface area contributed by atoms with Gasteiger partial charge in [0.15, 0.2) is 0 Å². The third-order valence-corrected chi connectivity index (χ3v) is 11.4. The standard InChI is InChI=1S/C37H46N2O7/c1-24-37(35(42)43-2)19-29(14-33(40)38-23-36-16-26-11-27(17-36)13-28(12-26)18-36)34(41)39(20-30-9-6-10-45-30)32(37)15-31(46-24)22-44-21-25-7-4-3-5-8-25/h3-10,15,24,26-29,31H,11-14,16-23H2,1-2H3,(H,38,40)/t24-,26?,27?,28?,29+,31-,36?,37+/m1/s1. The zero-order valence-corrected chi connectivity index (χ0v) is 27.0. The van der Waals surface area contributed by atoms with Crippen LogP contribution >= 0.6 is 0 Å². The van der Waals surface area contributed by atoms with Crippen molar-refractivity contribution < 1.29 is 33.0 Å². The predicted molar refractivity (Wildman–Crippen MR) is 169 cm³/mol. The monoisotopic (exact) mass is 630 g/mol. The zero-order valence-electron chi connectivity index (χ0n) is 27.0. The fourth-order valence-corrected chi connectivity index (χ4v) is 9.83. The van der Waals surface area contributed by atoms with E-state index in [9.17, 15) is 14.4 Å². The molecule has 8 rings (SSSR count). The van der Waals surface area contributed by atoms with Gasteiger partial charge in [-0.1, -0.05) is 30.3 Å². The molecule has 1 saturated heterocycles. The third kappa shape index (κ3) is 5.92. The number of carbonyl (C=O) groups excluding carboxylic acids is 3. The Morgan fingerprint density at radius 1 is 1.00 bits per heavy atom. The quantitative estimate of drug-likeness (QED) is 0.332. The molecule has 9 heteroatoms. The van der Waals surface area contributed by atoms with Gasteiger partial charge in [0.2, 0.25) is 11.8 Å². The van der Waals surface area contributed by atoms with Crippen LogP contribution in [0.15, 0.2) is 64.9 Å². The van der Waals surface area contributed by atoms with Gasteiger partial charge in [-0.2, -0.15) is 0 Å². The molecule has 0 spiro atoms. The second kappa shape index (κ2) is 12.6. The lowest BCUT2D eigenvalue weighted by molar-refractivity contribution is -0.178. The van der Waals surface area contributed by atoms with Gasteiger partial charge in [0, 0.05) is 24.6 Å². The summed E-state index contributed by atoms with van der Waals surface area (Å²) in [7, 11) is 1.36. The number of ether oxygens (including phenoxy) is 3. The number of benzene rings is 1. The van der Waals surface area contributed by atoms with Crippen molar-refractivity contribution in [1.29, 1.82) is 0 Å². The van der Waals surface area contributed by atoms with Gasteiger partial charge in [0.1, 0.15) is 17.3 Å². The summed E-state index contributed by atoms with van der Waals surface area (Å²) >= 11 is 0. The average Bonchev–Trinajstić information content (AvgIpc) is 3.55. The van der Waals surface area contributed by atoms with E-state index < -0.39 is 29.5 Å². The molecule has 2 aromatic rings. The Balaban J connectivity index is 1.11. The SMILES string of the molecule is COC(=O)[C@]12C[C@H](CC(=O)NCC34CC5CC(CC(C5)C3)C4)C(=O)N(Cc3ccco3)C1=C[C@H](COCc1ccccc1)O[C@@H]2C. The molecule has 6 aliphatic rings. The van der Waals surface area contributed by atoms with Crippen LogP contribution in [0.2, 0.25) is 0 Å². The van der Waals surface area contributed by atoms with Gasteiger partial charge in [-0.15, -0.1) is 0 Å². The van der Waals surface area contributed by atoms with Crippen LogP contribution in [0, 0.1) is 34.5 Å². The number of hydrogen-bond acceptors (Lipinski definition) is 7. The lowest BCUT2D eigenvalue weighted by atomic mass is 9.49. The molecule has 4 saturated carbocycles. The van der Waals surface area contributed by atoms with Crippen LogP contribution in [0.4, 0.5) is 0 Å². The normalized spacial score (nSPS) is 34.6. The smallest absolute Gasteiger partial charge is 0.320 e. The van der Waals surface area contributed by atoms with Crippen LogP contribution in [0.3, 0.4) is 0 Å². The van der Waals surface area contributed by atoms with Crippen molar-refractivity contribution in [1.82, 2.24) is 10.2 Å². The van der Waals surface area contributed by atoms with Gasteiger partial charge in [-0.25, -0.2) is 0 Å². The molecule has 0 unspecified atom stereocenters. The highest BCUT2D eigenvalue weighted by Crippen LogP contribution is 2.59. The van der Waals surface area contributed by atoms with Crippen LogP contribution < -0.4 is 5.32 Å². The first-order chi connectivity index (χ1) is 22.3. The number of fused-ring (bicyclic) bond motifs is 1. The first-order valence-corrected chi connectivity index (χ1v) is 17.0. The van der Waals surface area contributed by atoms with Gasteiger partial charge >= 0.3 is 5.97 Å². The van der Waals surface area contributed by atoms with Crippen LogP contribution in [0.25, 0.3) is 0 Å². The summed E-state index contributed by atoms with van der Waals surface area (Å²) in [5.41, 5.74) is 0.493. The maximum Gasteiger partial charge on any atom is 0.320 e. The van der Waals surface area contributed by atoms with E-state index in [4.69, 9.17) is 18.6 Å². The summed E-state index contributed by atoms with van der Waals surface area (Å²) in [6.45, 7) is 3.31. The number of esters is 1. The number of carbonyl (C=O) groups is 3. The Labute approximate surface area is 271 Å². The summed E-state index contributed by atoms with van der Waals surface area (Å²) in [5, 5.41) is 3.24. The molecule has 9 nitrogen and oxygen atoms in total. The van der Waals surface area contributed by atoms with Crippen LogP contribution in [0.1, 0.15) is 69.6 Å². The second-order valence-corrected chi connectivity index (χ2v) is 14.6. The van der Waals surface area contributed by atoms with E-state index in [0.717, 1.165) is 23.3 Å². The number of piperidine rings is 1.